The third-order valence-corrected chi connectivity index (χ3v) is 6.27. The van der Waals surface area contributed by atoms with Crippen molar-refractivity contribution in [3.8, 4) is 0 Å². The maximum absolute atomic E-state index is 13.0. The largest absolute Gasteiger partial charge is 0.419 e. The molecule has 0 saturated carbocycles. The Morgan fingerprint density at radius 1 is 1.17 bits per heavy atom. The number of amides is 1. The standard InChI is InChI=1S/C21H25N3O5S/c1-3-4-12-22-20(25)17(13-15-8-6-5-7-9-15)23-30(27,28)16-10-11-18-19(14-16)29-21(26)24(18)2/h5-11,14,17,23H,3-4,12-13H2,1-2H3,(H,22,25)/t17-/m1/s1. The Balaban J connectivity index is 1.87. The first-order valence-corrected chi connectivity index (χ1v) is 11.2. The van der Waals surface area contributed by atoms with Crippen LogP contribution in [0.1, 0.15) is 25.3 Å². The zero-order chi connectivity index (χ0) is 21.7. The van der Waals surface area contributed by atoms with Crippen LogP contribution in [0.15, 0.2) is 62.6 Å². The second kappa shape index (κ2) is 9.27. The van der Waals surface area contributed by atoms with Crippen LogP contribution < -0.4 is 15.8 Å². The minimum Gasteiger partial charge on any atom is -0.408 e. The molecule has 8 nitrogen and oxygen atoms in total. The van der Waals surface area contributed by atoms with Crippen LogP contribution >= 0.6 is 0 Å². The Kier molecular flexibility index (Phi) is 6.73. The molecule has 0 spiro atoms. The molecule has 0 fully saturated rings. The second-order valence-corrected chi connectivity index (χ2v) is 8.78. The van der Waals surface area contributed by atoms with E-state index < -0.39 is 21.8 Å². The zero-order valence-corrected chi connectivity index (χ0v) is 17.7. The number of carbonyl (C=O) groups is 1. The van der Waals surface area contributed by atoms with Gasteiger partial charge in [0.25, 0.3) is 0 Å². The summed E-state index contributed by atoms with van der Waals surface area (Å²) in [4.78, 5) is 24.3. The van der Waals surface area contributed by atoms with Crippen LogP contribution in [0.5, 0.6) is 0 Å². The van der Waals surface area contributed by atoms with Crippen molar-refractivity contribution < 1.29 is 17.6 Å². The monoisotopic (exact) mass is 431 g/mol. The predicted octanol–water partition coefficient (Wildman–Crippen LogP) is 1.94. The van der Waals surface area contributed by atoms with Gasteiger partial charge in [0.05, 0.1) is 10.4 Å². The molecule has 1 aromatic heterocycles. The van der Waals surface area contributed by atoms with Gasteiger partial charge in [-0.3, -0.25) is 9.36 Å². The fraction of sp³-hybridized carbons (Fsp3) is 0.333. The van der Waals surface area contributed by atoms with Crippen LogP contribution in [-0.4, -0.2) is 31.5 Å². The van der Waals surface area contributed by atoms with Crippen molar-refractivity contribution >= 4 is 27.0 Å². The maximum atomic E-state index is 13.0. The van der Waals surface area contributed by atoms with E-state index in [1.807, 2.05) is 37.3 Å². The van der Waals surface area contributed by atoms with Gasteiger partial charge in [-0.15, -0.1) is 0 Å². The van der Waals surface area contributed by atoms with Gasteiger partial charge in [0, 0.05) is 19.7 Å². The third-order valence-electron chi connectivity index (χ3n) is 4.80. The number of benzene rings is 2. The smallest absolute Gasteiger partial charge is 0.408 e. The molecule has 2 aromatic carbocycles. The van der Waals surface area contributed by atoms with Crippen molar-refractivity contribution in [1.29, 1.82) is 0 Å². The molecule has 160 valence electrons. The summed E-state index contributed by atoms with van der Waals surface area (Å²) in [6.45, 7) is 2.48. The summed E-state index contributed by atoms with van der Waals surface area (Å²) in [6, 6.07) is 12.4. The molecule has 9 heteroatoms. The molecule has 0 unspecified atom stereocenters. The number of nitrogens with one attached hydrogen (secondary N) is 2. The van der Waals surface area contributed by atoms with Gasteiger partial charge in [-0.25, -0.2) is 13.2 Å². The molecular weight excluding hydrogens is 406 g/mol. The lowest BCUT2D eigenvalue weighted by atomic mass is 10.1. The van der Waals surface area contributed by atoms with E-state index in [-0.39, 0.29) is 22.8 Å². The van der Waals surface area contributed by atoms with E-state index in [2.05, 4.69) is 10.0 Å². The molecule has 0 radical (unpaired) electrons. The van der Waals surface area contributed by atoms with E-state index in [1.165, 1.54) is 29.8 Å². The third kappa shape index (κ3) is 4.98. The number of aryl methyl sites for hydroxylation is 1. The zero-order valence-electron chi connectivity index (χ0n) is 16.9. The van der Waals surface area contributed by atoms with E-state index in [0.29, 0.717) is 12.1 Å². The first-order valence-electron chi connectivity index (χ1n) is 9.75. The number of sulfonamides is 1. The molecule has 0 saturated heterocycles. The van der Waals surface area contributed by atoms with E-state index in [1.54, 1.807) is 0 Å². The van der Waals surface area contributed by atoms with E-state index in [9.17, 15) is 18.0 Å². The molecule has 30 heavy (non-hydrogen) atoms. The van der Waals surface area contributed by atoms with Crippen molar-refractivity contribution in [2.24, 2.45) is 7.05 Å². The van der Waals surface area contributed by atoms with Crippen LogP contribution in [0.25, 0.3) is 11.1 Å². The average molecular weight is 432 g/mol. The highest BCUT2D eigenvalue weighted by atomic mass is 32.2. The number of oxazole rings is 1. The lowest BCUT2D eigenvalue weighted by Crippen LogP contribution is -2.48. The minimum atomic E-state index is -4.03. The lowest BCUT2D eigenvalue weighted by Gasteiger charge is -2.19. The van der Waals surface area contributed by atoms with E-state index in [4.69, 9.17) is 4.42 Å². The highest BCUT2D eigenvalue weighted by Crippen LogP contribution is 2.18. The quantitative estimate of drug-likeness (QED) is 0.503. The number of carbonyl (C=O) groups excluding carboxylic acids is 1. The Morgan fingerprint density at radius 3 is 2.60 bits per heavy atom. The van der Waals surface area contributed by atoms with Gasteiger partial charge in [-0.1, -0.05) is 43.7 Å². The van der Waals surface area contributed by atoms with Gasteiger partial charge in [0.2, 0.25) is 15.9 Å². The topological polar surface area (TPSA) is 110 Å². The Morgan fingerprint density at radius 2 is 1.90 bits per heavy atom. The Hall–Kier alpha value is -2.91. The van der Waals surface area contributed by atoms with Gasteiger partial charge >= 0.3 is 5.76 Å². The summed E-state index contributed by atoms with van der Waals surface area (Å²) in [5.74, 6) is -0.965. The van der Waals surface area contributed by atoms with Crippen LogP contribution in [0.4, 0.5) is 0 Å². The maximum Gasteiger partial charge on any atom is 0.419 e. The van der Waals surface area contributed by atoms with Crippen molar-refractivity contribution in [2.75, 3.05) is 6.54 Å². The van der Waals surface area contributed by atoms with Crippen molar-refractivity contribution in [3.05, 3.63) is 64.6 Å². The number of hydrogen-bond donors (Lipinski definition) is 2. The van der Waals surface area contributed by atoms with Crippen molar-refractivity contribution in [3.63, 3.8) is 0 Å². The molecule has 1 amide bonds. The SMILES string of the molecule is CCCCNC(=O)[C@@H](Cc1ccccc1)NS(=O)(=O)c1ccc2c(c1)oc(=O)n2C. The average Bonchev–Trinajstić information content (AvgIpc) is 3.01. The van der Waals surface area contributed by atoms with E-state index >= 15 is 0 Å². The summed E-state index contributed by atoms with van der Waals surface area (Å²) in [7, 11) is -2.49. The van der Waals surface area contributed by atoms with Crippen LogP contribution in [-0.2, 0) is 28.3 Å². The first-order chi connectivity index (χ1) is 14.3. The summed E-state index contributed by atoms with van der Waals surface area (Å²) < 4.78 is 34.8. The highest BCUT2D eigenvalue weighted by molar-refractivity contribution is 7.89. The molecular formula is C21H25N3O5S. The van der Waals surface area contributed by atoms with Gasteiger partial charge in [0.15, 0.2) is 5.58 Å². The van der Waals surface area contributed by atoms with Crippen LogP contribution in [0, 0.1) is 0 Å². The van der Waals surface area contributed by atoms with Crippen molar-refractivity contribution in [1.82, 2.24) is 14.6 Å². The number of rotatable bonds is 9. The number of nitrogens with zero attached hydrogens (tertiary/aromatic N) is 1. The highest BCUT2D eigenvalue weighted by Gasteiger charge is 2.26. The molecule has 0 aliphatic carbocycles. The molecule has 2 N–H and O–H groups in total. The second-order valence-electron chi connectivity index (χ2n) is 7.06. The summed E-state index contributed by atoms with van der Waals surface area (Å²) in [6.07, 6.45) is 1.93. The minimum absolute atomic E-state index is 0.0798. The molecule has 1 atom stereocenters. The van der Waals surface area contributed by atoms with Crippen LogP contribution in [0.3, 0.4) is 0 Å². The van der Waals surface area contributed by atoms with Gasteiger partial charge in [-0.2, -0.15) is 4.72 Å². The van der Waals surface area contributed by atoms with Gasteiger partial charge in [0.1, 0.15) is 6.04 Å². The van der Waals surface area contributed by atoms with Crippen molar-refractivity contribution in [2.45, 2.75) is 37.1 Å². The van der Waals surface area contributed by atoms with Gasteiger partial charge < -0.3 is 9.73 Å². The summed E-state index contributed by atoms with van der Waals surface area (Å²) >= 11 is 0. The number of unbranched alkanes of at least 4 members (excludes halogenated alkanes) is 1. The summed E-state index contributed by atoms with van der Waals surface area (Å²) in [5.41, 5.74) is 1.48. The lowest BCUT2D eigenvalue weighted by molar-refractivity contribution is -0.122. The van der Waals surface area contributed by atoms with Crippen LogP contribution in [0.2, 0.25) is 0 Å². The predicted molar refractivity (Wildman–Crippen MR) is 114 cm³/mol. The molecule has 3 rings (SSSR count). The Labute approximate surface area is 174 Å². The molecule has 0 aliphatic heterocycles. The van der Waals surface area contributed by atoms with E-state index in [0.717, 1.165) is 18.4 Å². The first kappa shape index (κ1) is 21.8. The van der Waals surface area contributed by atoms with Gasteiger partial charge in [-0.05, 0) is 30.5 Å². The fourth-order valence-corrected chi connectivity index (χ4v) is 4.30. The number of aromatic nitrogens is 1. The molecule has 1 heterocycles. The Bertz CT molecular complexity index is 1180. The fourth-order valence-electron chi connectivity index (χ4n) is 3.09. The normalized spacial score (nSPS) is 12.7. The molecule has 0 aliphatic rings. The summed E-state index contributed by atoms with van der Waals surface area (Å²) in [5, 5.41) is 2.79. The number of fused-ring (bicyclic) bond motifs is 1. The molecule has 0 bridgehead atoms. The molecule has 3 aromatic rings. The number of hydrogen-bond acceptors (Lipinski definition) is 5.